The number of nitrogens with one attached hydrogen (secondary N) is 3. The average Bonchev–Trinajstić information content (AvgIpc) is 3.14. The van der Waals surface area contributed by atoms with Gasteiger partial charge in [-0.2, -0.15) is 0 Å². The Labute approximate surface area is 142 Å². The van der Waals surface area contributed by atoms with E-state index in [4.69, 9.17) is 4.74 Å². The largest absolute Gasteiger partial charge is 0.479 e. The van der Waals surface area contributed by atoms with E-state index in [0.29, 0.717) is 5.56 Å². The topological polar surface area (TPSA) is 134 Å². The lowest BCUT2D eigenvalue weighted by atomic mass is 9.90. The molecular weight excluding hydrogens is 330 g/mol. The second kappa shape index (κ2) is 5.85. The summed E-state index contributed by atoms with van der Waals surface area (Å²) in [5.41, 5.74) is -2.17. The Morgan fingerprint density at radius 2 is 2.08 bits per heavy atom. The van der Waals surface area contributed by atoms with Crippen molar-refractivity contribution in [3.8, 4) is 0 Å². The van der Waals surface area contributed by atoms with Crippen molar-refractivity contribution in [2.75, 3.05) is 13.2 Å². The number of aliphatic carboxylic acids is 1. The molecule has 0 saturated carbocycles. The van der Waals surface area contributed by atoms with Crippen molar-refractivity contribution < 1.29 is 29.0 Å². The second-order valence-corrected chi connectivity index (χ2v) is 6.26. The Morgan fingerprint density at radius 1 is 1.32 bits per heavy atom. The number of hydrogen-bond donors (Lipinski definition) is 4. The first-order chi connectivity index (χ1) is 11.8. The molecule has 25 heavy (non-hydrogen) atoms. The number of rotatable bonds is 4. The Bertz CT molecular complexity index is 771. The third kappa shape index (κ3) is 2.82. The molecule has 1 aromatic rings. The van der Waals surface area contributed by atoms with Crippen LogP contribution >= 0.6 is 0 Å². The van der Waals surface area contributed by atoms with Crippen LogP contribution in [0.25, 0.3) is 0 Å². The van der Waals surface area contributed by atoms with E-state index in [1.165, 1.54) is 19.1 Å². The lowest BCUT2D eigenvalue weighted by Crippen LogP contribution is -2.55. The van der Waals surface area contributed by atoms with Crippen LogP contribution in [-0.2, 0) is 19.9 Å². The fraction of sp³-hybridized carbons (Fsp3) is 0.375. The van der Waals surface area contributed by atoms with Gasteiger partial charge in [0.2, 0.25) is 0 Å². The van der Waals surface area contributed by atoms with E-state index < -0.39 is 34.9 Å². The number of benzene rings is 1. The SMILES string of the molecule is CC1(c2cccc(C(=O)NC3(C(=O)O)CCOC3)c2)NC(=O)NC1=O. The molecule has 0 aromatic heterocycles. The van der Waals surface area contributed by atoms with Crippen molar-refractivity contribution in [1.82, 2.24) is 16.0 Å². The highest BCUT2D eigenvalue weighted by Crippen LogP contribution is 2.26. The maximum Gasteiger partial charge on any atom is 0.331 e. The summed E-state index contributed by atoms with van der Waals surface area (Å²) in [6.45, 7) is 1.66. The zero-order valence-electron chi connectivity index (χ0n) is 13.4. The van der Waals surface area contributed by atoms with E-state index in [2.05, 4.69) is 16.0 Å². The van der Waals surface area contributed by atoms with Crippen molar-refractivity contribution in [2.45, 2.75) is 24.4 Å². The summed E-state index contributed by atoms with van der Waals surface area (Å²) in [6.07, 6.45) is 0.171. The first-order valence-electron chi connectivity index (χ1n) is 7.65. The Morgan fingerprint density at radius 3 is 2.64 bits per heavy atom. The molecule has 2 fully saturated rings. The number of carboxylic acids is 1. The van der Waals surface area contributed by atoms with Crippen molar-refractivity contribution in [2.24, 2.45) is 0 Å². The van der Waals surface area contributed by atoms with Crippen LogP contribution in [0, 0.1) is 0 Å². The van der Waals surface area contributed by atoms with Crippen LogP contribution in [0.3, 0.4) is 0 Å². The number of carbonyl (C=O) groups is 4. The normalized spacial score (nSPS) is 28.4. The molecule has 1 aromatic carbocycles. The summed E-state index contributed by atoms with van der Waals surface area (Å²) >= 11 is 0. The van der Waals surface area contributed by atoms with Gasteiger partial charge in [0.15, 0.2) is 5.54 Å². The van der Waals surface area contributed by atoms with Crippen molar-refractivity contribution in [1.29, 1.82) is 0 Å². The van der Waals surface area contributed by atoms with E-state index in [9.17, 15) is 24.3 Å². The highest BCUT2D eigenvalue weighted by Gasteiger charge is 2.45. The molecular formula is C16H17N3O6. The molecule has 2 heterocycles. The second-order valence-electron chi connectivity index (χ2n) is 6.26. The van der Waals surface area contributed by atoms with Gasteiger partial charge < -0.3 is 20.5 Å². The molecule has 2 aliphatic rings. The van der Waals surface area contributed by atoms with Crippen LogP contribution in [0.1, 0.15) is 29.3 Å². The lowest BCUT2D eigenvalue weighted by molar-refractivity contribution is -0.144. The predicted molar refractivity (Wildman–Crippen MR) is 83.7 cm³/mol. The number of amides is 4. The molecule has 0 aliphatic carbocycles. The number of hydrogen-bond acceptors (Lipinski definition) is 5. The van der Waals surface area contributed by atoms with Crippen molar-refractivity contribution in [3.63, 3.8) is 0 Å². The zero-order chi connectivity index (χ0) is 18.2. The molecule has 3 rings (SSSR count). The van der Waals surface area contributed by atoms with Crippen molar-refractivity contribution in [3.05, 3.63) is 35.4 Å². The molecule has 9 heteroatoms. The number of imide groups is 1. The molecule has 2 unspecified atom stereocenters. The van der Waals surface area contributed by atoms with Gasteiger partial charge in [-0.3, -0.25) is 14.9 Å². The quantitative estimate of drug-likeness (QED) is 0.553. The van der Waals surface area contributed by atoms with E-state index in [1.54, 1.807) is 12.1 Å². The van der Waals surface area contributed by atoms with Gasteiger partial charge in [0.1, 0.15) is 5.54 Å². The summed E-state index contributed by atoms with van der Waals surface area (Å²) in [5.74, 6) is -2.28. The third-order valence-electron chi connectivity index (χ3n) is 4.53. The molecule has 0 radical (unpaired) electrons. The molecule has 132 valence electrons. The minimum Gasteiger partial charge on any atom is -0.479 e. The molecule has 0 spiro atoms. The molecule has 2 aliphatic heterocycles. The van der Waals surface area contributed by atoms with Crippen LogP contribution in [0.5, 0.6) is 0 Å². The van der Waals surface area contributed by atoms with Crippen molar-refractivity contribution >= 4 is 23.8 Å². The van der Waals surface area contributed by atoms with Gasteiger partial charge in [0.05, 0.1) is 6.61 Å². The molecule has 9 nitrogen and oxygen atoms in total. The van der Waals surface area contributed by atoms with Crippen LogP contribution in [0.4, 0.5) is 4.79 Å². The molecule has 4 amide bonds. The number of carbonyl (C=O) groups excluding carboxylic acids is 3. The van der Waals surface area contributed by atoms with Gasteiger partial charge in [-0.25, -0.2) is 9.59 Å². The smallest absolute Gasteiger partial charge is 0.331 e. The monoisotopic (exact) mass is 347 g/mol. The molecule has 2 saturated heterocycles. The first kappa shape index (κ1) is 16.9. The maximum atomic E-state index is 12.5. The lowest BCUT2D eigenvalue weighted by Gasteiger charge is -2.25. The van der Waals surface area contributed by atoms with Gasteiger partial charge >= 0.3 is 12.0 Å². The summed E-state index contributed by atoms with van der Waals surface area (Å²) in [7, 11) is 0. The average molecular weight is 347 g/mol. The predicted octanol–water partition coefficient (Wildman–Crippen LogP) is -0.285. The highest BCUT2D eigenvalue weighted by atomic mass is 16.5. The summed E-state index contributed by atoms with van der Waals surface area (Å²) < 4.78 is 5.11. The van der Waals surface area contributed by atoms with E-state index in [-0.39, 0.29) is 25.2 Å². The number of ether oxygens (including phenoxy) is 1. The maximum absolute atomic E-state index is 12.5. The van der Waals surface area contributed by atoms with Gasteiger partial charge in [0.25, 0.3) is 11.8 Å². The van der Waals surface area contributed by atoms with E-state index in [0.717, 1.165) is 0 Å². The summed E-state index contributed by atoms with van der Waals surface area (Å²) in [4.78, 5) is 47.4. The summed E-state index contributed by atoms with van der Waals surface area (Å²) in [6, 6.07) is 5.50. The standard InChI is InChI=1S/C16H17N3O6/c1-15(12(21)17-14(24)19-15)10-4-2-3-9(7-10)11(20)18-16(13(22)23)5-6-25-8-16/h2-4,7H,5-6,8H2,1H3,(H,18,20)(H,22,23)(H2,17,19,21,24). The number of urea groups is 1. The fourth-order valence-corrected chi connectivity index (χ4v) is 2.89. The van der Waals surface area contributed by atoms with Crippen LogP contribution in [-0.4, -0.2) is 47.7 Å². The van der Waals surface area contributed by atoms with E-state index >= 15 is 0 Å². The van der Waals surface area contributed by atoms with Crippen LogP contribution in [0.2, 0.25) is 0 Å². The van der Waals surface area contributed by atoms with E-state index in [1.807, 2.05) is 0 Å². The van der Waals surface area contributed by atoms with Gasteiger partial charge in [-0.05, 0) is 24.6 Å². The Kier molecular flexibility index (Phi) is 3.96. The Hall–Kier alpha value is -2.94. The molecule has 2 atom stereocenters. The highest BCUT2D eigenvalue weighted by molar-refractivity contribution is 6.07. The fourth-order valence-electron chi connectivity index (χ4n) is 2.89. The molecule has 0 bridgehead atoms. The zero-order valence-corrected chi connectivity index (χ0v) is 13.4. The third-order valence-corrected chi connectivity index (χ3v) is 4.53. The number of carboxylic acid groups (broad SMARTS) is 1. The molecule has 4 N–H and O–H groups in total. The minimum absolute atomic E-state index is 0.107. The van der Waals surface area contributed by atoms with Crippen LogP contribution < -0.4 is 16.0 Å². The summed E-state index contributed by atoms with van der Waals surface area (Å²) in [5, 5.41) is 16.6. The first-order valence-corrected chi connectivity index (χ1v) is 7.65. The van der Waals surface area contributed by atoms with Crippen LogP contribution in [0.15, 0.2) is 24.3 Å². The van der Waals surface area contributed by atoms with Gasteiger partial charge in [0, 0.05) is 18.6 Å². The van der Waals surface area contributed by atoms with Gasteiger partial charge in [-0.15, -0.1) is 0 Å². The Balaban J connectivity index is 1.87. The van der Waals surface area contributed by atoms with Gasteiger partial charge in [-0.1, -0.05) is 12.1 Å². The minimum atomic E-state index is -1.46.